The first-order valence-electron chi connectivity index (χ1n) is 5.55. The zero-order chi connectivity index (χ0) is 13.4. The number of carbonyl (C=O) groups is 1. The van der Waals surface area contributed by atoms with Gasteiger partial charge in [0.25, 0.3) is 0 Å². The van der Waals surface area contributed by atoms with Crippen molar-refractivity contribution >= 4 is 46.7 Å². The molecule has 1 atom stereocenters. The summed E-state index contributed by atoms with van der Waals surface area (Å²) in [4.78, 5) is 11.6. The molecule has 1 aliphatic heterocycles. The molecule has 98 valence electrons. The minimum atomic E-state index is -0.117. The summed E-state index contributed by atoms with van der Waals surface area (Å²) in [6.07, 6.45) is 1.69. The Balaban J connectivity index is 2.13. The van der Waals surface area contributed by atoms with Crippen LogP contribution in [0.15, 0.2) is 24.4 Å². The number of hydrogen-bond acceptors (Lipinski definition) is 3. The van der Waals surface area contributed by atoms with Gasteiger partial charge in [0.1, 0.15) is 5.82 Å². The van der Waals surface area contributed by atoms with Crippen LogP contribution in [0, 0.1) is 0 Å². The van der Waals surface area contributed by atoms with Crippen molar-refractivity contribution in [3.63, 3.8) is 0 Å². The van der Waals surface area contributed by atoms with Gasteiger partial charge in [0.05, 0.1) is 17.2 Å². The smallest absolute Gasteiger partial charge is 0.235 e. The monoisotopic (exact) mass is 313 g/mol. The van der Waals surface area contributed by atoms with Crippen LogP contribution in [0.5, 0.6) is 0 Å². The van der Waals surface area contributed by atoms with E-state index in [1.807, 2.05) is 0 Å². The van der Waals surface area contributed by atoms with E-state index < -0.39 is 0 Å². The van der Waals surface area contributed by atoms with Gasteiger partial charge in [0, 0.05) is 21.2 Å². The fraction of sp³-hybridized carbons (Fsp3) is 0.167. The van der Waals surface area contributed by atoms with Crippen molar-refractivity contribution in [1.82, 2.24) is 10.2 Å². The Morgan fingerprint density at radius 2 is 2.05 bits per heavy atom. The number of fused-ring (bicyclic) bond motifs is 1. The molecule has 1 aromatic heterocycles. The molecule has 0 saturated heterocycles. The van der Waals surface area contributed by atoms with Gasteiger partial charge >= 0.3 is 0 Å². The highest BCUT2D eigenvalue weighted by molar-refractivity contribution is 8.00. The molecule has 0 spiro atoms. The molecule has 0 unspecified atom stereocenters. The van der Waals surface area contributed by atoms with E-state index in [2.05, 4.69) is 15.5 Å². The van der Waals surface area contributed by atoms with Gasteiger partial charge in [0.2, 0.25) is 5.91 Å². The fourth-order valence-corrected chi connectivity index (χ4v) is 3.93. The number of hydrogen-bond donors (Lipinski definition) is 2. The Morgan fingerprint density at radius 1 is 1.32 bits per heavy atom. The van der Waals surface area contributed by atoms with Crippen LogP contribution in [-0.2, 0) is 4.79 Å². The Kier molecular flexibility index (Phi) is 3.43. The first kappa shape index (κ1) is 12.8. The lowest BCUT2D eigenvalue weighted by Gasteiger charge is -2.16. The lowest BCUT2D eigenvalue weighted by Crippen LogP contribution is -2.12. The summed E-state index contributed by atoms with van der Waals surface area (Å²) in [6.45, 7) is 0. The molecule has 1 aliphatic rings. The molecular formula is C12H9Cl2N3OS. The van der Waals surface area contributed by atoms with Crippen LogP contribution in [0.3, 0.4) is 0 Å². The molecule has 4 nitrogen and oxygen atoms in total. The van der Waals surface area contributed by atoms with Crippen LogP contribution in [0.1, 0.15) is 16.4 Å². The second-order valence-electron chi connectivity index (χ2n) is 4.07. The molecule has 2 N–H and O–H groups in total. The van der Waals surface area contributed by atoms with Gasteiger partial charge in [-0.1, -0.05) is 29.3 Å². The molecule has 3 rings (SSSR count). The number of carbonyl (C=O) groups excluding carboxylic acids is 1. The number of H-pyrrole nitrogens is 1. The molecule has 0 aliphatic carbocycles. The third-order valence-corrected chi connectivity index (χ3v) is 4.77. The Bertz CT molecular complexity index is 623. The third kappa shape index (κ3) is 2.33. The molecular weight excluding hydrogens is 305 g/mol. The first-order chi connectivity index (χ1) is 9.16. The van der Waals surface area contributed by atoms with Crippen LogP contribution < -0.4 is 5.32 Å². The van der Waals surface area contributed by atoms with E-state index in [9.17, 15) is 4.79 Å². The lowest BCUT2D eigenvalue weighted by molar-refractivity contribution is -0.113. The molecule has 0 saturated carbocycles. The number of nitrogens with one attached hydrogen (secondary N) is 2. The number of halogens is 2. The van der Waals surface area contributed by atoms with Gasteiger partial charge in [-0.25, -0.2) is 0 Å². The molecule has 1 aromatic carbocycles. The van der Waals surface area contributed by atoms with Gasteiger partial charge in [-0.3, -0.25) is 9.89 Å². The number of aromatic nitrogens is 2. The maximum atomic E-state index is 11.6. The number of rotatable bonds is 1. The summed E-state index contributed by atoms with van der Waals surface area (Å²) in [6, 6.07) is 5.39. The number of nitrogens with zero attached hydrogens (tertiary/aromatic N) is 1. The van der Waals surface area contributed by atoms with E-state index in [-0.39, 0.29) is 11.2 Å². The normalized spacial score (nSPS) is 18.6. The van der Waals surface area contributed by atoms with E-state index in [1.165, 1.54) is 11.8 Å². The molecule has 19 heavy (non-hydrogen) atoms. The van der Waals surface area contributed by atoms with Gasteiger partial charge in [-0.05, 0) is 12.1 Å². The van der Waals surface area contributed by atoms with E-state index >= 15 is 0 Å². The summed E-state index contributed by atoms with van der Waals surface area (Å²) < 4.78 is 0. The van der Waals surface area contributed by atoms with E-state index in [4.69, 9.17) is 23.2 Å². The number of amides is 1. The summed E-state index contributed by atoms with van der Waals surface area (Å²) >= 11 is 14.0. The number of aromatic amines is 1. The van der Waals surface area contributed by atoms with Gasteiger partial charge < -0.3 is 5.32 Å². The second kappa shape index (κ2) is 5.07. The first-order valence-corrected chi connectivity index (χ1v) is 7.36. The summed E-state index contributed by atoms with van der Waals surface area (Å²) in [5.41, 5.74) is 1.70. The van der Waals surface area contributed by atoms with Crippen molar-refractivity contribution < 1.29 is 4.79 Å². The van der Waals surface area contributed by atoms with Crippen molar-refractivity contribution in [3.8, 4) is 0 Å². The SMILES string of the molecule is O=C1CS[C@H](c2c(Cl)cccc2Cl)c2cn[nH]c2N1. The van der Waals surface area contributed by atoms with E-state index in [1.54, 1.807) is 24.4 Å². The Hall–Kier alpha value is -1.17. The summed E-state index contributed by atoms with van der Waals surface area (Å²) in [5.74, 6) is 0.881. The second-order valence-corrected chi connectivity index (χ2v) is 5.98. The minimum Gasteiger partial charge on any atom is -0.310 e. The Morgan fingerprint density at radius 3 is 2.79 bits per heavy atom. The molecule has 2 heterocycles. The zero-order valence-electron chi connectivity index (χ0n) is 9.61. The summed E-state index contributed by atoms with van der Waals surface area (Å²) in [5, 5.41) is 10.6. The average Bonchev–Trinajstić information content (AvgIpc) is 2.75. The number of benzene rings is 1. The van der Waals surface area contributed by atoms with Crippen molar-refractivity contribution in [1.29, 1.82) is 0 Å². The summed E-state index contributed by atoms with van der Waals surface area (Å²) in [7, 11) is 0. The lowest BCUT2D eigenvalue weighted by atomic mass is 10.1. The molecule has 1 amide bonds. The Labute approximate surface area is 123 Å². The van der Waals surface area contributed by atoms with Crippen LogP contribution in [0.25, 0.3) is 0 Å². The van der Waals surface area contributed by atoms with Crippen molar-refractivity contribution in [2.45, 2.75) is 5.25 Å². The predicted octanol–water partition coefficient (Wildman–Crippen LogP) is 3.49. The highest BCUT2D eigenvalue weighted by Crippen LogP contribution is 2.45. The van der Waals surface area contributed by atoms with Gasteiger partial charge in [0.15, 0.2) is 0 Å². The minimum absolute atomic E-state index is 0.0684. The van der Waals surface area contributed by atoms with Crippen molar-refractivity contribution in [2.75, 3.05) is 11.1 Å². The standard InChI is InChI=1S/C12H9Cl2N3OS/c13-7-2-1-3-8(14)10(7)11-6-4-15-17-12(6)16-9(18)5-19-11/h1-4,11H,5H2,(H2,15,16,17,18)/t11-/m0/s1. The quantitative estimate of drug-likeness (QED) is 0.847. The molecule has 7 heteroatoms. The van der Waals surface area contributed by atoms with Gasteiger partial charge in [-0.2, -0.15) is 5.10 Å². The van der Waals surface area contributed by atoms with E-state index in [0.717, 1.165) is 11.1 Å². The zero-order valence-corrected chi connectivity index (χ0v) is 11.9. The topological polar surface area (TPSA) is 57.8 Å². The number of thioether (sulfide) groups is 1. The number of anilines is 1. The third-order valence-electron chi connectivity index (χ3n) is 2.86. The predicted molar refractivity (Wildman–Crippen MR) is 78.0 cm³/mol. The van der Waals surface area contributed by atoms with Crippen LogP contribution in [0.2, 0.25) is 10.0 Å². The highest BCUT2D eigenvalue weighted by Gasteiger charge is 2.28. The fourth-order valence-electron chi connectivity index (χ4n) is 2.02. The molecule has 0 bridgehead atoms. The molecule has 2 aromatic rings. The van der Waals surface area contributed by atoms with Crippen LogP contribution in [-0.4, -0.2) is 21.9 Å². The maximum absolute atomic E-state index is 11.6. The average molecular weight is 314 g/mol. The highest BCUT2D eigenvalue weighted by atomic mass is 35.5. The van der Waals surface area contributed by atoms with Crippen molar-refractivity contribution in [3.05, 3.63) is 45.6 Å². The van der Waals surface area contributed by atoms with Crippen molar-refractivity contribution in [2.24, 2.45) is 0 Å². The molecule has 0 radical (unpaired) electrons. The maximum Gasteiger partial charge on any atom is 0.235 e. The van der Waals surface area contributed by atoms with E-state index in [0.29, 0.717) is 21.6 Å². The molecule has 0 fully saturated rings. The largest absolute Gasteiger partial charge is 0.310 e. The van der Waals surface area contributed by atoms with Crippen LogP contribution in [0.4, 0.5) is 5.82 Å². The van der Waals surface area contributed by atoms with Gasteiger partial charge in [-0.15, -0.1) is 11.8 Å². The van der Waals surface area contributed by atoms with Crippen LogP contribution >= 0.6 is 35.0 Å².